The topological polar surface area (TPSA) is 139 Å². The van der Waals surface area contributed by atoms with Crippen molar-refractivity contribution in [2.24, 2.45) is 0 Å². The lowest BCUT2D eigenvalue weighted by molar-refractivity contribution is -0.132. The minimum absolute atomic E-state index is 0.208. The maximum atomic E-state index is 12.3. The fourth-order valence-electron chi connectivity index (χ4n) is 5.24. The molecule has 0 aromatic heterocycles. The van der Waals surface area contributed by atoms with E-state index in [9.17, 15) is 19.2 Å². The molecule has 3 N–H and O–H groups in total. The van der Waals surface area contributed by atoms with E-state index < -0.39 is 17.8 Å². The summed E-state index contributed by atoms with van der Waals surface area (Å²) >= 11 is 0. The number of ketones is 1. The quantitative estimate of drug-likeness (QED) is 0.0976. The lowest BCUT2D eigenvalue weighted by Gasteiger charge is -2.22. The standard InChI is InChI=1S/C38H35NO8/c1-46-33-23-29(16-13-27(33)9-6-10-31(40)18-21-36(42)43)38(28-14-11-26(12-15-28)25-7-4-3-5-8-25)30-17-19-32(34(24-30)47-2)39-35(41)20-22-37(44)45/h3-5,7-8,11-24,38H,6,9-10H2,1-2H3,(H,39,41)(H,42,43)(H,44,45)/b21-18+,22-20+. The fraction of sp³-hybridized carbons (Fsp3) is 0.158. The Morgan fingerprint density at radius 2 is 1.26 bits per heavy atom. The SMILES string of the molecule is COc1cc(C(c2ccc(-c3ccccc3)cc2)c2ccc(NC(=O)/C=C/C(=O)O)c(OC)c2)ccc1CCCC(=O)/C=C/C(=O)O. The van der Waals surface area contributed by atoms with Crippen LogP contribution in [0.5, 0.6) is 11.5 Å². The summed E-state index contributed by atoms with van der Waals surface area (Å²) in [4.78, 5) is 45.8. The number of ether oxygens (including phenoxy) is 2. The molecule has 9 nitrogen and oxygen atoms in total. The Bertz CT molecular complexity index is 1790. The van der Waals surface area contributed by atoms with Crippen LogP contribution in [0.2, 0.25) is 0 Å². The summed E-state index contributed by atoms with van der Waals surface area (Å²) in [5, 5.41) is 20.3. The van der Waals surface area contributed by atoms with Gasteiger partial charge in [0.05, 0.1) is 19.9 Å². The predicted molar refractivity (Wildman–Crippen MR) is 179 cm³/mol. The van der Waals surface area contributed by atoms with Crippen LogP contribution in [0.15, 0.2) is 115 Å². The number of hydrogen-bond acceptors (Lipinski definition) is 6. The number of benzene rings is 4. The first kappa shape index (κ1) is 33.9. The maximum absolute atomic E-state index is 12.3. The van der Waals surface area contributed by atoms with Crippen molar-refractivity contribution in [2.45, 2.75) is 25.2 Å². The number of carboxylic acid groups (broad SMARTS) is 2. The van der Waals surface area contributed by atoms with Crippen molar-refractivity contribution < 1.29 is 38.9 Å². The van der Waals surface area contributed by atoms with Gasteiger partial charge in [0.2, 0.25) is 5.91 Å². The van der Waals surface area contributed by atoms with Crippen LogP contribution in [0.25, 0.3) is 11.1 Å². The molecule has 0 bridgehead atoms. The highest BCUT2D eigenvalue weighted by Crippen LogP contribution is 2.39. The number of hydrogen-bond donors (Lipinski definition) is 3. The Morgan fingerprint density at radius 3 is 1.89 bits per heavy atom. The third-order valence-corrected chi connectivity index (χ3v) is 7.47. The zero-order valence-electron chi connectivity index (χ0n) is 26.0. The van der Waals surface area contributed by atoms with E-state index in [0.717, 1.165) is 57.7 Å². The zero-order chi connectivity index (χ0) is 33.8. The molecular formula is C38H35NO8. The van der Waals surface area contributed by atoms with E-state index in [-0.39, 0.29) is 18.1 Å². The first-order valence-corrected chi connectivity index (χ1v) is 14.8. The molecule has 4 aromatic rings. The number of carboxylic acids is 2. The molecule has 0 radical (unpaired) electrons. The highest BCUT2D eigenvalue weighted by Gasteiger charge is 2.21. The minimum atomic E-state index is -1.23. The number of allylic oxidation sites excluding steroid dienone is 1. The molecule has 0 aliphatic rings. The van der Waals surface area contributed by atoms with E-state index >= 15 is 0 Å². The van der Waals surface area contributed by atoms with Crippen LogP contribution in [0.1, 0.15) is 41.0 Å². The van der Waals surface area contributed by atoms with Crippen molar-refractivity contribution in [3.05, 3.63) is 138 Å². The van der Waals surface area contributed by atoms with Gasteiger partial charge in [-0.3, -0.25) is 9.59 Å². The minimum Gasteiger partial charge on any atom is -0.496 e. The normalized spacial score (nSPS) is 11.7. The van der Waals surface area contributed by atoms with Gasteiger partial charge in [-0.05, 0) is 70.5 Å². The van der Waals surface area contributed by atoms with Gasteiger partial charge in [-0.25, -0.2) is 9.59 Å². The van der Waals surface area contributed by atoms with E-state index in [4.69, 9.17) is 19.7 Å². The second-order valence-corrected chi connectivity index (χ2v) is 10.6. The molecule has 0 aliphatic heterocycles. The van der Waals surface area contributed by atoms with E-state index in [1.807, 2.05) is 48.5 Å². The third-order valence-electron chi connectivity index (χ3n) is 7.47. The molecule has 1 amide bonds. The Balaban J connectivity index is 1.69. The third kappa shape index (κ3) is 9.51. The average Bonchev–Trinajstić information content (AvgIpc) is 3.08. The molecule has 240 valence electrons. The van der Waals surface area contributed by atoms with Crippen molar-refractivity contribution >= 4 is 29.3 Å². The molecular weight excluding hydrogens is 598 g/mol. The molecule has 0 saturated carbocycles. The molecule has 1 atom stereocenters. The van der Waals surface area contributed by atoms with Crippen LogP contribution in [-0.4, -0.2) is 48.1 Å². The first-order valence-electron chi connectivity index (χ1n) is 14.8. The lowest BCUT2D eigenvalue weighted by atomic mass is 9.83. The molecule has 0 spiro atoms. The molecule has 0 heterocycles. The molecule has 0 fully saturated rings. The Hall–Kier alpha value is -5.96. The van der Waals surface area contributed by atoms with E-state index in [0.29, 0.717) is 30.0 Å². The monoisotopic (exact) mass is 633 g/mol. The van der Waals surface area contributed by atoms with Crippen LogP contribution in [0.3, 0.4) is 0 Å². The van der Waals surface area contributed by atoms with Crippen molar-refractivity contribution in [3.63, 3.8) is 0 Å². The Kier molecular flexibility index (Phi) is 11.8. The van der Waals surface area contributed by atoms with Crippen molar-refractivity contribution in [3.8, 4) is 22.6 Å². The number of rotatable bonds is 15. The summed E-state index contributed by atoms with van der Waals surface area (Å²) in [6.07, 6.45) is 4.91. The number of amides is 1. The van der Waals surface area contributed by atoms with Crippen LogP contribution < -0.4 is 14.8 Å². The Labute approximate surface area is 272 Å². The first-order chi connectivity index (χ1) is 22.7. The van der Waals surface area contributed by atoms with Gasteiger partial charge >= 0.3 is 11.9 Å². The predicted octanol–water partition coefficient (Wildman–Crippen LogP) is 6.66. The van der Waals surface area contributed by atoms with Gasteiger partial charge in [0.1, 0.15) is 11.5 Å². The van der Waals surface area contributed by atoms with Gasteiger partial charge in [0, 0.05) is 30.6 Å². The second kappa shape index (κ2) is 16.4. The number of methoxy groups -OCH3 is 2. The van der Waals surface area contributed by atoms with Crippen molar-refractivity contribution in [2.75, 3.05) is 19.5 Å². The zero-order valence-corrected chi connectivity index (χ0v) is 26.0. The van der Waals surface area contributed by atoms with E-state index in [2.05, 4.69) is 41.7 Å². The molecule has 0 aliphatic carbocycles. The summed E-state index contributed by atoms with van der Waals surface area (Å²) in [6.45, 7) is 0. The smallest absolute Gasteiger partial charge is 0.328 e. The maximum Gasteiger partial charge on any atom is 0.328 e. The molecule has 1 unspecified atom stereocenters. The largest absolute Gasteiger partial charge is 0.496 e. The lowest BCUT2D eigenvalue weighted by Crippen LogP contribution is -2.11. The van der Waals surface area contributed by atoms with Gasteiger partial charge in [-0.1, -0.05) is 72.8 Å². The highest BCUT2D eigenvalue weighted by molar-refractivity contribution is 6.03. The van der Waals surface area contributed by atoms with E-state index in [1.54, 1.807) is 13.2 Å². The number of aliphatic carboxylic acids is 2. The summed E-state index contributed by atoms with van der Waals surface area (Å²) in [6, 6.07) is 29.7. The summed E-state index contributed by atoms with van der Waals surface area (Å²) in [7, 11) is 3.08. The Morgan fingerprint density at radius 1 is 0.681 bits per heavy atom. The van der Waals surface area contributed by atoms with Gasteiger partial charge in [-0.15, -0.1) is 0 Å². The molecule has 4 aromatic carbocycles. The molecule has 9 heteroatoms. The number of carbonyl (C=O) groups is 4. The number of aryl methyl sites for hydroxylation is 1. The summed E-state index contributed by atoms with van der Waals surface area (Å²) < 4.78 is 11.4. The number of anilines is 1. The van der Waals surface area contributed by atoms with Gasteiger partial charge < -0.3 is 25.0 Å². The van der Waals surface area contributed by atoms with Crippen LogP contribution in [0, 0.1) is 0 Å². The van der Waals surface area contributed by atoms with Crippen LogP contribution in [-0.2, 0) is 25.6 Å². The second-order valence-electron chi connectivity index (χ2n) is 10.6. The van der Waals surface area contributed by atoms with Gasteiger partial charge in [0.15, 0.2) is 5.78 Å². The van der Waals surface area contributed by atoms with Crippen molar-refractivity contribution in [1.82, 2.24) is 0 Å². The number of carbonyl (C=O) groups excluding carboxylic acids is 2. The molecule has 0 saturated heterocycles. The van der Waals surface area contributed by atoms with Crippen molar-refractivity contribution in [1.29, 1.82) is 0 Å². The molecule has 4 rings (SSSR count). The van der Waals surface area contributed by atoms with Crippen LogP contribution in [0.4, 0.5) is 5.69 Å². The highest BCUT2D eigenvalue weighted by atomic mass is 16.5. The summed E-state index contributed by atoms with van der Waals surface area (Å²) in [5.41, 5.74) is 6.26. The van der Waals surface area contributed by atoms with E-state index in [1.165, 1.54) is 7.11 Å². The van der Waals surface area contributed by atoms with Gasteiger partial charge in [0.25, 0.3) is 0 Å². The van der Waals surface area contributed by atoms with Crippen LogP contribution >= 0.6 is 0 Å². The average molecular weight is 634 g/mol. The summed E-state index contributed by atoms with van der Waals surface area (Å²) in [5.74, 6) is -2.47. The van der Waals surface area contributed by atoms with Gasteiger partial charge in [-0.2, -0.15) is 0 Å². The fourth-order valence-corrected chi connectivity index (χ4v) is 5.24. The number of nitrogens with one attached hydrogen (secondary N) is 1. The molecule has 47 heavy (non-hydrogen) atoms.